The second-order valence-corrected chi connectivity index (χ2v) is 5.31. The van der Waals surface area contributed by atoms with Crippen molar-refractivity contribution in [3.05, 3.63) is 35.9 Å². The summed E-state index contributed by atoms with van der Waals surface area (Å²) in [5.41, 5.74) is 1.34. The molecule has 3 heteroatoms. The summed E-state index contributed by atoms with van der Waals surface area (Å²) in [6, 6.07) is 10.7. The lowest BCUT2D eigenvalue weighted by Crippen LogP contribution is -2.32. The van der Waals surface area contributed by atoms with E-state index in [1.807, 2.05) is 6.07 Å². The minimum Gasteiger partial charge on any atom is -0.313 e. The van der Waals surface area contributed by atoms with Gasteiger partial charge in [-0.05, 0) is 25.5 Å². The molecule has 0 bridgehead atoms. The SMILES string of the molecule is CC(CS(C)=O)NCCc1ccccc1. The van der Waals surface area contributed by atoms with Crippen LogP contribution in [0.5, 0.6) is 0 Å². The van der Waals surface area contributed by atoms with E-state index in [0.29, 0.717) is 6.04 Å². The molecule has 0 spiro atoms. The topological polar surface area (TPSA) is 29.1 Å². The van der Waals surface area contributed by atoms with E-state index in [1.165, 1.54) is 5.56 Å². The zero-order chi connectivity index (χ0) is 11.1. The molecule has 0 heterocycles. The summed E-state index contributed by atoms with van der Waals surface area (Å²) in [4.78, 5) is 0. The van der Waals surface area contributed by atoms with Crippen molar-refractivity contribution in [2.45, 2.75) is 19.4 Å². The molecular weight excluding hydrogens is 206 g/mol. The molecule has 1 aromatic carbocycles. The predicted molar refractivity (Wildman–Crippen MR) is 66.5 cm³/mol. The Morgan fingerprint density at radius 2 is 2.00 bits per heavy atom. The first-order valence-electron chi connectivity index (χ1n) is 5.26. The molecule has 1 aromatic rings. The number of benzene rings is 1. The minimum absolute atomic E-state index is 0.333. The zero-order valence-electron chi connectivity index (χ0n) is 9.40. The summed E-state index contributed by atoms with van der Waals surface area (Å²) < 4.78 is 11.0. The Hall–Kier alpha value is -0.670. The van der Waals surface area contributed by atoms with Crippen LogP contribution in [0.3, 0.4) is 0 Å². The molecule has 0 aliphatic heterocycles. The van der Waals surface area contributed by atoms with Crippen molar-refractivity contribution in [3.63, 3.8) is 0 Å². The molecule has 0 aromatic heterocycles. The highest BCUT2D eigenvalue weighted by Crippen LogP contribution is 1.98. The van der Waals surface area contributed by atoms with Gasteiger partial charge in [0, 0.05) is 28.9 Å². The molecule has 0 radical (unpaired) electrons. The van der Waals surface area contributed by atoms with E-state index in [1.54, 1.807) is 6.26 Å². The Bertz CT molecular complexity index is 300. The lowest BCUT2D eigenvalue weighted by atomic mass is 10.1. The van der Waals surface area contributed by atoms with Crippen LogP contribution in [0.15, 0.2) is 30.3 Å². The van der Waals surface area contributed by atoms with Crippen molar-refractivity contribution in [3.8, 4) is 0 Å². The molecule has 1 N–H and O–H groups in total. The van der Waals surface area contributed by atoms with Crippen molar-refractivity contribution in [1.82, 2.24) is 5.32 Å². The number of hydrogen-bond acceptors (Lipinski definition) is 2. The van der Waals surface area contributed by atoms with Crippen LogP contribution in [0.1, 0.15) is 12.5 Å². The lowest BCUT2D eigenvalue weighted by Gasteiger charge is -2.11. The zero-order valence-corrected chi connectivity index (χ0v) is 10.2. The smallest absolute Gasteiger partial charge is 0.0383 e. The summed E-state index contributed by atoms with van der Waals surface area (Å²) >= 11 is 0. The largest absolute Gasteiger partial charge is 0.313 e. The normalized spacial score (nSPS) is 14.8. The van der Waals surface area contributed by atoms with Crippen molar-refractivity contribution in [2.75, 3.05) is 18.6 Å². The van der Waals surface area contributed by atoms with Crippen LogP contribution in [0.25, 0.3) is 0 Å². The molecule has 0 saturated heterocycles. The fraction of sp³-hybridized carbons (Fsp3) is 0.500. The van der Waals surface area contributed by atoms with Gasteiger partial charge in [-0.1, -0.05) is 30.3 Å². The minimum atomic E-state index is -0.706. The third-order valence-corrected chi connectivity index (χ3v) is 3.20. The maximum absolute atomic E-state index is 11.0. The summed E-state index contributed by atoms with van der Waals surface area (Å²) in [6.07, 6.45) is 2.77. The quantitative estimate of drug-likeness (QED) is 0.796. The van der Waals surface area contributed by atoms with Gasteiger partial charge in [0.15, 0.2) is 0 Å². The first-order valence-corrected chi connectivity index (χ1v) is 6.98. The van der Waals surface area contributed by atoms with Gasteiger partial charge in [-0.15, -0.1) is 0 Å². The second-order valence-electron chi connectivity index (χ2n) is 3.83. The Kier molecular flexibility index (Phi) is 5.58. The molecule has 2 atom stereocenters. The third kappa shape index (κ3) is 5.70. The van der Waals surface area contributed by atoms with E-state index in [-0.39, 0.29) is 0 Å². The van der Waals surface area contributed by atoms with Gasteiger partial charge in [0.25, 0.3) is 0 Å². The van der Waals surface area contributed by atoms with Crippen molar-refractivity contribution < 1.29 is 4.21 Å². The standard InChI is InChI=1S/C12H19NOS/c1-11(10-15(2)14)13-9-8-12-6-4-3-5-7-12/h3-7,11,13H,8-10H2,1-2H3. The van der Waals surface area contributed by atoms with Gasteiger partial charge in [-0.2, -0.15) is 0 Å². The predicted octanol–water partition coefficient (Wildman–Crippen LogP) is 1.59. The van der Waals surface area contributed by atoms with Gasteiger partial charge in [0.1, 0.15) is 0 Å². The van der Waals surface area contributed by atoms with E-state index in [4.69, 9.17) is 0 Å². The average molecular weight is 225 g/mol. The maximum atomic E-state index is 11.0. The molecule has 0 fully saturated rings. The van der Waals surface area contributed by atoms with Gasteiger partial charge in [0.2, 0.25) is 0 Å². The van der Waals surface area contributed by atoms with Crippen molar-refractivity contribution >= 4 is 10.8 Å². The number of rotatable bonds is 6. The summed E-state index contributed by atoms with van der Waals surface area (Å²) in [5, 5.41) is 3.37. The summed E-state index contributed by atoms with van der Waals surface area (Å²) in [5.74, 6) is 0.731. The number of hydrogen-bond donors (Lipinski definition) is 1. The van der Waals surface area contributed by atoms with Crippen LogP contribution in [0.2, 0.25) is 0 Å². The van der Waals surface area contributed by atoms with Crippen LogP contribution in [-0.2, 0) is 17.2 Å². The first-order chi connectivity index (χ1) is 7.18. The lowest BCUT2D eigenvalue weighted by molar-refractivity contribution is 0.589. The molecule has 84 valence electrons. The molecule has 1 rings (SSSR count). The highest BCUT2D eigenvalue weighted by molar-refractivity contribution is 7.84. The van der Waals surface area contributed by atoms with E-state index in [2.05, 4.69) is 36.5 Å². The average Bonchev–Trinajstić information content (AvgIpc) is 2.18. The molecule has 0 amide bonds. The Morgan fingerprint density at radius 3 is 2.60 bits per heavy atom. The third-order valence-electron chi connectivity index (χ3n) is 2.23. The van der Waals surface area contributed by atoms with Gasteiger partial charge < -0.3 is 5.32 Å². The summed E-state index contributed by atoms with van der Waals surface area (Å²) in [7, 11) is -0.706. The highest BCUT2D eigenvalue weighted by Gasteiger charge is 2.02. The van der Waals surface area contributed by atoms with Crippen LogP contribution >= 0.6 is 0 Å². The molecule has 0 aliphatic carbocycles. The van der Waals surface area contributed by atoms with Gasteiger partial charge in [0.05, 0.1) is 0 Å². The molecule has 2 unspecified atom stereocenters. The molecule has 0 saturated carbocycles. The maximum Gasteiger partial charge on any atom is 0.0383 e. The van der Waals surface area contributed by atoms with Gasteiger partial charge >= 0.3 is 0 Å². The summed E-state index contributed by atoms with van der Waals surface area (Å²) in [6.45, 7) is 3.02. The van der Waals surface area contributed by atoms with Crippen LogP contribution < -0.4 is 5.32 Å². The monoisotopic (exact) mass is 225 g/mol. The Balaban J connectivity index is 2.19. The van der Waals surface area contributed by atoms with Crippen LogP contribution in [0.4, 0.5) is 0 Å². The van der Waals surface area contributed by atoms with Crippen LogP contribution in [0, 0.1) is 0 Å². The second kappa shape index (κ2) is 6.75. The fourth-order valence-electron chi connectivity index (χ4n) is 1.52. The van der Waals surface area contributed by atoms with E-state index in [0.717, 1.165) is 18.7 Å². The Labute approximate surface area is 94.5 Å². The van der Waals surface area contributed by atoms with Crippen molar-refractivity contribution in [1.29, 1.82) is 0 Å². The Morgan fingerprint density at radius 1 is 1.33 bits per heavy atom. The van der Waals surface area contributed by atoms with E-state index >= 15 is 0 Å². The van der Waals surface area contributed by atoms with Gasteiger partial charge in [-0.3, -0.25) is 4.21 Å². The highest BCUT2D eigenvalue weighted by atomic mass is 32.2. The molecular formula is C12H19NOS. The first kappa shape index (κ1) is 12.4. The molecule has 15 heavy (non-hydrogen) atoms. The van der Waals surface area contributed by atoms with Crippen LogP contribution in [-0.4, -0.2) is 28.8 Å². The van der Waals surface area contributed by atoms with Gasteiger partial charge in [-0.25, -0.2) is 0 Å². The fourth-order valence-corrected chi connectivity index (χ4v) is 2.34. The van der Waals surface area contributed by atoms with Crippen molar-refractivity contribution in [2.24, 2.45) is 0 Å². The van der Waals surface area contributed by atoms with E-state index in [9.17, 15) is 4.21 Å². The molecule has 2 nitrogen and oxygen atoms in total. The molecule has 0 aliphatic rings. The number of nitrogens with one attached hydrogen (secondary N) is 1. The van der Waals surface area contributed by atoms with E-state index < -0.39 is 10.8 Å².